The molecule has 1 aliphatic heterocycles. The van der Waals surface area contributed by atoms with Gasteiger partial charge in [-0.25, -0.2) is 0 Å². The van der Waals surface area contributed by atoms with Gasteiger partial charge in [-0.1, -0.05) is 30.3 Å². The fourth-order valence-corrected chi connectivity index (χ4v) is 2.46. The number of carbonyl (C=O) groups is 1. The van der Waals surface area contributed by atoms with E-state index in [0.717, 1.165) is 44.1 Å². The van der Waals surface area contributed by atoms with Crippen LogP contribution in [0.15, 0.2) is 42.5 Å². The van der Waals surface area contributed by atoms with Crippen LogP contribution in [0.5, 0.6) is 0 Å². The van der Waals surface area contributed by atoms with Crippen LogP contribution in [-0.2, 0) is 4.74 Å². The summed E-state index contributed by atoms with van der Waals surface area (Å²) >= 11 is 0. The summed E-state index contributed by atoms with van der Waals surface area (Å²) < 4.78 is 5.30. The Kier molecular flexibility index (Phi) is 5.29. The predicted octanol–water partition coefficient (Wildman–Crippen LogP) is 1.21. The molecule has 1 amide bonds. The lowest BCUT2D eigenvalue weighted by Crippen LogP contribution is -2.41. The van der Waals surface area contributed by atoms with Crippen LogP contribution < -0.4 is 5.32 Å². The van der Waals surface area contributed by atoms with E-state index in [-0.39, 0.29) is 5.91 Å². The summed E-state index contributed by atoms with van der Waals surface area (Å²) in [6, 6.07) is 13.3. The highest BCUT2D eigenvalue weighted by molar-refractivity contribution is 5.92. The van der Waals surface area contributed by atoms with Crippen molar-refractivity contribution >= 4 is 5.91 Å². The van der Waals surface area contributed by atoms with Crippen LogP contribution >= 0.6 is 0 Å². The zero-order valence-electron chi connectivity index (χ0n) is 12.9. The summed E-state index contributed by atoms with van der Waals surface area (Å²) in [6.45, 7) is 4.79. The molecule has 0 bridgehead atoms. The predicted molar refractivity (Wildman–Crippen MR) is 87.1 cm³/mol. The molecule has 0 aliphatic carbocycles. The zero-order chi connectivity index (χ0) is 15.9. The number of aromatic nitrogens is 2. The van der Waals surface area contributed by atoms with Crippen LogP contribution in [-0.4, -0.2) is 60.4 Å². The Morgan fingerprint density at radius 3 is 2.57 bits per heavy atom. The minimum atomic E-state index is -0.189. The molecule has 0 saturated carbocycles. The molecular formula is C17H20N4O2. The maximum absolute atomic E-state index is 12.1. The lowest BCUT2D eigenvalue weighted by atomic mass is 10.1. The van der Waals surface area contributed by atoms with Gasteiger partial charge < -0.3 is 10.1 Å². The fraction of sp³-hybridized carbons (Fsp3) is 0.353. The zero-order valence-corrected chi connectivity index (χ0v) is 12.9. The summed E-state index contributed by atoms with van der Waals surface area (Å²) in [4.78, 5) is 14.3. The molecule has 0 unspecified atom stereocenters. The van der Waals surface area contributed by atoms with E-state index < -0.39 is 0 Å². The number of morpholine rings is 1. The summed E-state index contributed by atoms with van der Waals surface area (Å²) in [5.74, 6) is -0.189. The third kappa shape index (κ3) is 4.34. The van der Waals surface area contributed by atoms with Crippen molar-refractivity contribution in [2.24, 2.45) is 0 Å². The molecule has 1 aromatic carbocycles. The molecule has 2 heterocycles. The maximum Gasteiger partial charge on any atom is 0.271 e. The SMILES string of the molecule is O=C(NCCN1CCOCC1)c1ccc(-c2ccccc2)nn1. The highest BCUT2D eigenvalue weighted by atomic mass is 16.5. The average Bonchev–Trinajstić information content (AvgIpc) is 2.63. The number of hydrogen-bond acceptors (Lipinski definition) is 5. The molecule has 0 spiro atoms. The van der Waals surface area contributed by atoms with Gasteiger partial charge in [-0.05, 0) is 12.1 Å². The molecule has 3 rings (SSSR count). The second kappa shape index (κ2) is 7.80. The molecule has 1 N–H and O–H groups in total. The molecule has 1 saturated heterocycles. The number of nitrogens with one attached hydrogen (secondary N) is 1. The Morgan fingerprint density at radius 2 is 1.87 bits per heavy atom. The summed E-state index contributed by atoms with van der Waals surface area (Å²) in [5, 5.41) is 11.0. The Bertz CT molecular complexity index is 625. The van der Waals surface area contributed by atoms with Gasteiger partial charge in [0.25, 0.3) is 5.91 Å². The summed E-state index contributed by atoms with van der Waals surface area (Å²) in [5.41, 5.74) is 2.08. The first-order chi connectivity index (χ1) is 11.3. The van der Waals surface area contributed by atoms with E-state index in [1.807, 2.05) is 36.4 Å². The fourth-order valence-electron chi connectivity index (χ4n) is 2.46. The van der Waals surface area contributed by atoms with E-state index in [9.17, 15) is 4.79 Å². The van der Waals surface area contributed by atoms with Gasteiger partial charge in [0, 0.05) is 31.7 Å². The van der Waals surface area contributed by atoms with Gasteiger partial charge in [0.15, 0.2) is 5.69 Å². The van der Waals surface area contributed by atoms with E-state index in [2.05, 4.69) is 20.4 Å². The Hall–Kier alpha value is -2.31. The number of carbonyl (C=O) groups excluding carboxylic acids is 1. The van der Waals surface area contributed by atoms with Crippen molar-refractivity contribution in [3.63, 3.8) is 0 Å². The van der Waals surface area contributed by atoms with Crippen LogP contribution in [0.4, 0.5) is 0 Å². The number of hydrogen-bond donors (Lipinski definition) is 1. The van der Waals surface area contributed by atoms with E-state index in [0.29, 0.717) is 12.2 Å². The average molecular weight is 312 g/mol. The van der Waals surface area contributed by atoms with Gasteiger partial charge >= 0.3 is 0 Å². The highest BCUT2D eigenvalue weighted by Gasteiger charge is 2.12. The van der Waals surface area contributed by atoms with Crippen LogP contribution in [0, 0.1) is 0 Å². The molecule has 0 atom stereocenters. The number of ether oxygens (including phenoxy) is 1. The second-order valence-corrected chi connectivity index (χ2v) is 5.38. The van der Waals surface area contributed by atoms with Crippen molar-refractivity contribution in [1.29, 1.82) is 0 Å². The first-order valence-electron chi connectivity index (χ1n) is 7.80. The number of amides is 1. The quantitative estimate of drug-likeness (QED) is 0.899. The largest absolute Gasteiger partial charge is 0.379 e. The Morgan fingerprint density at radius 1 is 1.09 bits per heavy atom. The van der Waals surface area contributed by atoms with Crippen molar-refractivity contribution in [2.45, 2.75) is 0 Å². The molecule has 1 fully saturated rings. The first kappa shape index (κ1) is 15.6. The number of rotatable bonds is 5. The van der Waals surface area contributed by atoms with Gasteiger partial charge in [0.2, 0.25) is 0 Å². The third-order valence-electron chi connectivity index (χ3n) is 3.78. The monoisotopic (exact) mass is 312 g/mol. The van der Waals surface area contributed by atoms with Gasteiger partial charge in [0.05, 0.1) is 18.9 Å². The first-order valence-corrected chi connectivity index (χ1v) is 7.80. The van der Waals surface area contributed by atoms with Crippen LogP contribution in [0.25, 0.3) is 11.3 Å². The molecule has 6 heteroatoms. The Balaban J connectivity index is 1.51. The Labute approximate surface area is 135 Å². The second-order valence-electron chi connectivity index (χ2n) is 5.38. The molecular weight excluding hydrogens is 292 g/mol. The number of nitrogens with zero attached hydrogens (tertiary/aromatic N) is 3. The minimum Gasteiger partial charge on any atom is -0.379 e. The molecule has 1 aliphatic rings. The minimum absolute atomic E-state index is 0.189. The van der Waals surface area contributed by atoms with Crippen molar-refractivity contribution in [3.05, 3.63) is 48.2 Å². The summed E-state index contributed by atoms with van der Waals surface area (Å²) in [6.07, 6.45) is 0. The lowest BCUT2D eigenvalue weighted by Gasteiger charge is -2.26. The highest BCUT2D eigenvalue weighted by Crippen LogP contribution is 2.14. The molecule has 120 valence electrons. The van der Waals surface area contributed by atoms with E-state index in [1.54, 1.807) is 6.07 Å². The van der Waals surface area contributed by atoms with Crippen molar-refractivity contribution in [1.82, 2.24) is 20.4 Å². The lowest BCUT2D eigenvalue weighted by molar-refractivity contribution is 0.0383. The van der Waals surface area contributed by atoms with E-state index in [1.165, 1.54) is 0 Å². The number of benzene rings is 1. The van der Waals surface area contributed by atoms with Crippen LogP contribution in [0.2, 0.25) is 0 Å². The van der Waals surface area contributed by atoms with Crippen molar-refractivity contribution in [3.8, 4) is 11.3 Å². The van der Waals surface area contributed by atoms with Gasteiger partial charge in [0.1, 0.15) is 0 Å². The molecule has 1 aromatic heterocycles. The van der Waals surface area contributed by atoms with Gasteiger partial charge in [-0.15, -0.1) is 10.2 Å². The third-order valence-corrected chi connectivity index (χ3v) is 3.78. The maximum atomic E-state index is 12.1. The molecule has 6 nitrogen and oxygen atoms in total. The van der Waals surface area contributed by atoms with Crippen LogP contribution in [0.1, 0.15) is 10.5 Å². The smallest absolute Gasteiger partial charge is 0.271 e. The van der Waals surface area contributed by atoms with Crippen molar-refractivity contribution < 1.29 is 9.53 Å². The molecule has 2 aromatic rings. The standard InChI is InChI=1S/C17H20N4O2/c22-17(18-8-9-21-10-12-23-13-11-21)16-7-6-15(19-20-16)14-4-2-1-3-5-14/h1-7H,8-13H2,(H,18,22). The van der Waals surface area contributed by atoms with Gasteiger partial charge in [-0.2, -0.15) is 0 Å². The van der Waals surface area contributed by atoms with Crippen molar-refractivity contribution in [2.75, 3.05) is 39.4 Å². The normalized spacial score (nSPS) is 15.3. The molecule has 23 heavy (non-hydrogen) atoms. The van der Waals surface area contributed by atoms with Crippen LogP contribution in [0.3, 0.4) is 0 Å². The molecule has 0 radical (unpaired) electrons. The topological polar surface area (TPSA) is 67.4 Å². The van der Waals surface area contributed by atoms with E-state index in [4.69, 9.17) is 4.74 Å². The summed E-state index contributed by atoms with van der Waals surface area (Å²) in [7, 11) is 0. The van der Waals surface area contributed by atoms with Gasteiger partial charge in [-0.3, -0.25) is 9.69 Å². The van der Waals surface area contributed by atoms with E-state index >= 15 is 0 Å².